The lowest BCUT2D eigenvalue weighted by Crippen LogP contribution is -3.11. The third kappa shape index (κ3) is 4.68. The molecule has 2 aromatic rings. The van der Waals surface area contributed by atoms with Crippen LogP contribution in [0.2, 0.25) is 0 Å². The normalized spacial score (nSPS) is 15.2. The third-order valence-electron chi connectivity index (χ3n) is 4.80. The van der Waals surface area contributed by atoms with Crippen LogP contribution in [0, 0.1) is 6.92 Å². The Balaban J connectivity index is 1.50. The molecular weight excluding hydrogens is 296 g/mol. The summed E-state index contributed by atoms with van der Waals surface area (Å²) in [5, 5.41) is 2.99. The number of nitrogens with one attached hydrogen (secondary N) is 2. The Kier molecular flexibility index (Phi) is 5.65. The van der Waals surface area contributed by atoms with Crippen LogP contribution in [0.15, 0.2) is 48.5 Å². The van der Waals surface area contributed by atoms with Crippen molar-refractivity contribution in [3.8, 4) is 0 Å². The fourth-order valence-electron chi connectivity index (χ4n) is 3.28. The first-order valence-electron chi connectivity index (χ1n) is 8.97. The Hall–Kier alpha value is -2.13. The van der Waals surface area contributed by atoms with Crippen molar-refractivity contribution in [3.05, 3.63) is 70.8 Å². The van der Waals surface area contributed by atoms with E-state index in [-0.39, 0.29) is 5.91 Å². The lowest BCUT2D eigenvalue weighted by atomic mass is 10.1. The number of likely N-dealkylation sites (tertiary alicyclic amines) is 1. The summed E-state index contributed by atoms with van der Waals surface area (Å²) in [6.45, 7) is 6.32. The van der Waals surface area contributed by atoms with Gasteiger partial charge in [-0.3, -0.25) is 4.79 Å². The van der Waals surface area contributed by atoms with Crippen LogP contribution in [0.5, 0.6) is 0 Å². The van der Waals surface area contributed by atoms with Gasteiger partial charge in [0.2, 0.25) is 0 Å². The second kappa shape index (κ2) is 8.11. The van der Waals surface area contributed by atoms with E-state index in [0.717, 1.165) is 17.7 Å². The summed E-state index contributed by atoms with van der Waals surface area (Å²) in [4.78, 5) is 13.8. The van der Waals surface area contributed by atoms with E-state index in [4.69, 9.17) is 0 Å². The zero-order valence-corrected chi connectivity index (χ0v) is 14.5. The maximum absolute atomic E-state index is 12.1. The second-order valence-electron chi connectivity index (χ2n) is 6.85. The molecule has 0 atom stereocenters. The number of hydrogen-bond donors (Lipinski definition) is 2. The number of amides is 1. The van der Waals surface area contributed by atoms with Crippen LogP contribution in [0.3, 0.4) is 0 Å². The number of carbonyl (C=O) groups is 1. The van der Waals surface area contributed by atoms with E-state index in [2.05, 4.69) is 29.6 Å². The van der Waals surface area contributed by atoms with Crippen LogP contribution in [0.1, 0.15) is 46.3 Å². The molecule has 0 aromatic heterocycles. The monoisotopic (exact) mass is 323 g/mol. The molecule has 1 aliphatic rings. The van der Waals surface area contributed by atoms with E-state index >= 15 is 0 Å². The van der Waals surface area contributed by atoms with Gasteiger partial charge in [0, 0.05) is 17.7 Å². The van der Waals surface area contributed by atoms with E-state index < -0.39 is 0 Å². The zero-order chi connectivity index (χ0) is 16.8. The number of benzene rings is 2. The van der Waals surface area contributed by atoms with Crippen LogP contribution < -0.4 is 10.2 Å². The highest BCUT2D eigenvalue weighted by Gasteiger charge is 2.13. The van der Waals surface area contributed by atoms with Gasteiger partial charge in [-0.2, -0.15) is 0 Å². The molecule has 1 aliphatic heterocycles. The molecule has 126 valence electrons. The molecule has 1 heterocycles. The van der Waals surface area contributed by atoms with Crippen molar-refractivity contribution < 1.29 is 9.69 Å². The number of rotatable bonds is 5. The summed E-state index contributed by atoms with van der Waals surface area (Å²) in [6, 6.07) is 16.3. The minimum absolute atomic E-state index is 0.0168. The Bertz CT molecular complexity index is 655. The predicted octanol–water partition coefficient (Wildman–Crippen LogP) is 2.49. The van der Waals surface area contributed by atoms with Crippen LogP contribution >= 0.6 is 0 Å². The number of carbonyl (C=O) groups excluding carboxylic acids is 1. The summed E-state index contributed by atoms with van der Waals surface area (Å²) >= 11 is 0. The molecule has 2 aromatic carbocycles. The maximum Gasteiger partial charge on any atom is 0.251 e. The summed E-state index contributed by atoms with van der Waals surface area (Å²) < 4.78 is 0. The first-order chi connectivity index (χ1) is 11.7. The maximum atomic E-state index is 12.1. The number of quaternary nitrogens is 1. The fraction of sp³-hybridized carbons (Fsp3) is 0.381. The summed E-state index contributed by atoms with van der Waals surface area (Å²) in [7, 11) is 0. The molecule has 0 bridgehead atoms. The van der Waals surface area contributed by atoms with E-state index in [1.165, 1.54) is 37.9 Å². The topological polar surface area (TPSA) is 33.5 Å². The van der Waals surface area contributed by atoms with Crippen molar-refractivity contribution >= 4 is 5.91 Å². The molecule has 0 spiro atoms. The van der Waals surface area contributed by atoms with Gasteiger partial charge < -0.3 is 10.2 Å². The van der Waals surface area contributed by atoms with Gasteiger partial charge in [-0.1, -0.05) is 42.0 Å². The largest absolute Gasteiger partial charge is 0.348 e. The van der Waals surface area contributed by atoms with Gasteiger partial charge >= 0.3 is 0 Å². The standard InChI is InChI=1S/C21H26N2O/c1-17-5-11-20(12-6-17)21(24)22-15-18-7-9-19(10-8-18)16-23-13-3-2-4-14-23/h5-12H,2-4,13-16H2,1H3,(H,22,24)/p+1. The smallest absolute Gasteiger partial charge is 0.251 e. The quantitative estimate of drug-likeness (QED) is 0.871. The van der Waals surface area contributed by atoms with Crippen LogP contribution in [0.25, 0.3) is 0 Å². The first kappa shape index (κ1) is 16.7. The lowest BCUT2D eigenvalue weighted by molar-refractivity contribution is -0.918. The Morgan fingerprint density at radius 1 is 0.917 bits per heavy atom. The summed E-state index contributed by atoms with van der Waals surface area (Å²) in [5.41, 5.74) is 4.41. The first-order valence-corrected chi connectivity index (χ1v) is 8.97. The molecule has 2 N–H and O–H groups in total. The Labute approximate surface area is 144 Å². The summed E-state index contributed by atoms with van der Waals surface area (Å²) in [6.07, 6.45) is 4.11. The van der Waals surface area contributed by atoms with Gasteiger partial charge in [0.25, 0.3) is 5.91 Å². The number of aryl methyl sites for hydroxylation is 1. The lowest BCUT2D eigenvalue weighted by Gasteiger charge is -2.23. The minimum Gasteiger partial charge on any atom is -0.348 e. The van der Waals surface area contributed by atoms with Crippen molar-refractivity contribution in [1.29, 1.82) is 0 Å². The van der Waals surface area contributed by atoms with Crippen molar-refractivity contribution in [1.82, 2.24) is 5.32 Å². The van der Waals surface area contributed by atoms with Crippen molar-refractivity contribution in [3.63, 3.8) is 0 Å². The van der Waals surface area contributed by atoms with E-state index in [0.29, 0.717) is 12.1 Å². The molecular formula is C21H27N2O+. The number of hydrogen-bond acceptors (Lipinski definition) is 1. The van der Waals surface area contributed by atoms with E-state index in [9.17, 15) is 4.79 Å². The van der Waals surface area contributed by atoms with Gasteiger partial charge in [0.05, 0.1) is 13.1 Å². The Morgan fingerprint density at radius 3 is 2.21 bits per heavy atom. The van der Waals surface area contributed by atoms with Gasteiger partial charge in [-0.05, 0) is 43.9 Å². The van der Waals surface area contributed by atoms with E-state index in [1.807, 2.05) is 31.2 Å². The van der Waals surface area contributed by atoms with Gasteiger partial charge in [0.15, 0.2) is 0 Å². The average Bonchev–Trinajstić information content (AvgIpc) is 2.62. The molecule has 0 radical (unpaired) electrons. The van der Waals surface area contributed by atoms with Crippen molar-refractivity contribution in [2.24, 2.45) is 0 Å². The second-order valence-corrected chi connectivity index (χ2v) is 6.85. The average molecular weight is 323 g/mol. The molecule has 24 heavy (non-hydrogen) atoms. The summed E-state index contributed by atoms with van der Waals surface area (Å²) in [5.74, 6) is -0.0168. The highest BCUT2D eigenvalue weighted by Crippen LogP contribution is 2.06. The molecule has 0 saturated carbocycles. The van der Waals surface area contributed by atoms with Crippen molar-refractivity contribution in [2.45, 2.75) is 39.3 Å². The zero-order valence-electron chi connectivity index (χ0n) is 14.5. The number of piperidine rings is 1. The van der Waals surface area contributed by atoms with Crippen LogP contribution in [-0.2, 0) is 13.1 Å². The molecule has 0 aliphatic carbocycles. The fourth-order valence-corrected chi connectivity index (χ4v) is 3.28. The highest BCUT2D eigenvalue weighted by atomic mass is 16.1. The highest BCUT2D eigenvalue weighted by molar-refractivity contribution is 5.94. The molecule has 3 heteroatoms. The molecule has 3 rings (SSSR count). The molecule has 0 unspecified atom stereocenters. The molecule has 1 fully saturated rings. The molecule has 3 nitrogen and oxygen atoms in total. The van der Waals surface area contributed by atoms with Gasteiger partial charge in [-0.15, -0.1) is 0 Å². The minimum atomic E-state index is -0.0168. The Morgan fingerprint density at radius 2 is 1.54 bits per heavy atom. The predicted molar refractivity (Wildman–Crippen MR) is 97.0 cm³/mol. The van der Waals surface area contributed by atoms with Gasteiger partial charge in [-0.25, -0.2) is 0 Å². The van der Waals surface area contributed by atoms with Crippen LogP contribution in [-0.4, -0.2) is 19.0 Å². The third-order valence-corrected chi connectivity index (χ3v) is 4.80. The molecule has 1 amide bonds. The van der Waals surface area contributed by atoms with Gasteiger partial charge in [0.1, 0.15) is 6.54 Å². The SMILES string of the molecule is Cc1ccc(C(=O)NCc2ccc(C[NH+]3CCCCC3)cc2)cc1. The van der Waals surface area contributed by atoms with Crippen molar-refractivity contribution in [2.75, 3.05) is 13.1 Å². The van der Waals surface area contributed by atoms with E-state index in [1.54, 1.807) is 4.90 Å². The van der Waals surface area contributed by atoms with Crippen LogP contribution in [0.4, 0.5) is 0 Å². The molecule has 1 saturated heterocycles.